The molecule has 3 nitrogen and oxygen atoms in total. The van der Waals surface area contributed by atoms with Crippen LogP contribution in [0.25, 0.3) is 5.82 Å². The van der Waals surface area contributed by atoms with E-state index in [2.05, 4.69) is 4.98 Å². The zero-order valence-electron chi connectivity index (χ0n) is 10.5. The number of halogens is 3. The molecule has 2 heterocycles. The summed E-state index contributed by atoms with van der Waals surface area (Å²) in [6.07, 6.45) is 0.0497. The molecular weight excluding hydrogens is 255 g/mol. The van der Waals surface area contributed by atoms with E-state index in [4.69, 9.17) is 0 Å². The first kappa shape index (κ1) is 13.3. The van der Waals surface area contributed by atoms with Crippen molar-refractivity contribution in [2.24, 2.45) is 0 Å². The Hall–Kier alpha value is -2.11. The van der Waals surface area contributed by atoms with E-state index in [1.54, 1.807) is 24.5 Å². The lowest BCUT2D eigenvalue weighted by molar-refractivity contribution is -0.601. The number of rotatable bonds is 2. The summed E-state index contributed by atoms with van der Waals surface area (Å²) in [6, 6.07) is 5.76. The fourth-order valence-corrected chi connectivity index (χ4v) is 1.68. The van der Waals surface area contributed by atoms with E-state index in [1.807, 2.05) is 19.0 Å². The van der Waals surface area contributed by atoms with Crippen molar-refractivity contribution in [2.45, 2.75) is 6.18 Å². The SMILES string of the molecule is CN(C)c1cc[n+](-c2ncccc2C(F)(F)F)cc1. The Morgan fingerprint density at radius 2 is 1.74 bits per heavy atom. The summed E-state index contributed by atoms with van der Waals surface area (Å²) < 4.78 is 40.0. The third-order valence-corrected chi connectivity index (χ3v) is 2.66. The standard InChI is InChI=1S/C13H13F3N3/c1-18(2)10-5-8-19(9-6-10)12-11(13(14,15)16)4-3-7-17-12/h3-9H,1-2H3/q+1. The summed E-state index contributed by atoms with van der Waals surface area (Å²) in [5.41, 5.74) is 0.151. The first-order chi connectivity index (χ1) is 8.89. The highest BCUT2D eigenvalue weighted by molar-refractivity contribution is 5.42. The molecule has 2 rings (SSSR count). The monoisotopic (exact) mass is 268 g/mol. The van der Waals surface area contributed by atoms with E-state index in [1.165, 1.54) is 16.8 Å². The van der Waals surface area contributed by atoms with Crippen LogP contribution in [0, 0.1) is 0 Å². The molecule has 0 aliphatic rings. The molecular formula is C13H13F3N3+. The third-order valence-electron chi connectivity index (χ3n) is 2.66. The molecule has 0 aromatic carbocycles. The lowest BCUT2D eigenvalue weighted by Gasteiger charge is -2.12. The first-order valence-electron chi connectivity index (χ1n) is 5.61. The van der Waals surface area contributed by atoms with E-state index in [0.717, 1.165) is 11.8 Å². The Kier molecular flexibility index (Phi) is 3.42. The zero-order chi connectivity index (χ0) is 14.0. The fourth-order valence-electron chi connectivity index (χ4n) is 1.68. The molecule has 0 radical (unpaired) electrons. The van der Waals surface area contributed by atoms with Crippen molar-refractivity contribution in [3.8, 4) is 5.82 Å². The van der Waals surface area contributed by atoms with Crippen LogP contribution in [0.1, 0.15) is 5.56 Å². The highest BCUT2D eigenvalue weighted by atomic mass is 19.4. The zero-order valence-corrected chi connectivity index (χ0v) is 10.5. The molecule has 0 saturated carbocycles. The molecule has 2 aromatic heterocycles. The lowest BCUT2D eigenvalue weighted by Crippen LogP contribution is -2.34. The normalized spacial score (nSPS) is 11.4. The van der Waals surface area contributed by atoms with Crippen LogP contribution >= 0.6 is 0 Å². The third kappa shape index (κ3) is 2.83. The molecule has 0 amide bonds. The number of hydrogen-bond acceptors (Lipinski definition) is 2. The molecule has 0 N–H and O–H groups in total. The molecule has 2 aromatic rings. The average Bonchev–Trinajstić information content (AvgIpc) is 2.38. The van der Waals surface area contributed by atoms with Crippen molar-refractivity contribution in [3.63, 3.8) is 0 Å². The van der Waals surface area contributed by atoms with Crippen molar-refractivity contribution in [1.82, 2.24) is 4.98 Å². The number of pyridine rings is 2. The molecule has 0 aliphatic carbocycles. The summed E-state index contributed by atoms with van der Waals surface area (Å²) in [5, 5.41) is 0. The van der Waals surface area contributed by atoms with Crippen LogP contribution in [0.3, 0.4) is 0 Å². The van der Waals surface area contributed by atoms with Crippen LogP contribution in [-0.4, -0.2) is 19.1 Å². The number of aromatic nitrogens is 2. The van der Waals surface area contributed by atoms with Gasteiger partial charge < -0.3 is 4.90 Å². The van der Waals surface area contributed by atoms with Gasteiger partial charge >= 0.3 is 12.0 Å². The number of hydrogen-bond donors (Lipinski definition) is 0. The first-order valence-corrected chi connectivity index (χ1v) is 5.61. The van der Waals surface area contributed by atoms with Crippen molar-refractivity contribution in [1.29, 1.82) is 0 Å². The Morgan fingerprint density at radius 3 is 2.26 bits per heavy atom. The molecule has 0 spiro atoms. The van der Waals surface area contributed by atoms with Crippen LogP contribution in [-0.2, 0) is 6.18 Å². The van der Waals surface area contributed by atoms with E-state index >= 15 is 0 Å². The summed E-state index contributed by atoms with van der Waals surface area (Å²) in [7, 11) is 3.73. The summed E-state index contributed by atoms with van der Waals surface area (Å²) in [4.78, 5) is 5.69. The molecule has 6 heteroatoms. The van der Waals surface area contributed by atoms with Gasteiger partial charge in [-0.3, -0.25) is 0 Å². The van der Waals surface area contributed by atoms with Gasteiger partial charge in [0.1, 0.15) is 11.8 Å². The van der Waals surface area contributed by atoms with E-state index in [0.29, 0.717) is 0 Å². The van der Waals surface area contributed by atoms with Crippen molar-refractivity contribution in [3.05, 3.63) is 48.4 Å². The van der Waals surface area contributed by atoms with Gasteiger partial charge in [0, 0.05) is 31.9 Å². The van der Waals surface area contributed by atoms with Crippen molar-refractivity contribution in [2.75, 3.05) is 19.0 Å². The quantitative estimate of drug-likeness (QED) is 0.780. The van der Waals surface area contributed by atoms with Crippen molar-refractivity contribution < 1.29 is 17.7 Å². The molecule has 0 atom stereocenters. The second-order valence-electron chi connectivity index (χ2n) is 4.23. The van der Waals surface area contributed by atoms with Crippen LogP contribution in [0.2, 0.25) is 0 Å². The fraction of sp³-hybridized carbons (Fsp3) is 0.231. The predicted octanol–water partition coefficient (Wildman–Crippen LogP) is 2.44. The molecule has 0 fully saturated rings. The van der Waals surface area contributed by atoms with Crippen LogP contribution < -0.4 is 9.47 Å². The minimum Gasteiger partial charge on any atom is -0.377 e. The number of nitrogens with zero attached hydrogens (tertiary/aromatic N) is 3. The largest absolute Gasteiger partial charge is 0.424 e. The second kappa shape index (κ2) is 4.87. The van der Waals surface area contributed by atoms with E-state index in [9.17, 15) is 13.2 Å². The van der Waals surface area contributed by atoms with Crippen LogP contribution in [0.5, 0.6) is 0 Å². The van der Waals surface area contributed by atoms with Gasteiger partial charge in [0.05, 0.1) is 12.4 Å². The van der Waals surface area contributed by atoms with Gasteiger partial charge in [0.25, 0.3) is 0 Å². The molecule has 0 unspecified atom stereocenters. The van der Waals surface area contributed by atoms with Crippen LogP contribution in [0.4, 0.5) is 18.9 Å². The summed E-state index contributed by atoms with van der Waals surface area (Å²) in [5.74, 6) is -0.125. The highest BCUT2D eigenvalue weighted by Gasteiger charge is 2.38. The number of alkyl halides is 3. The predicted molar refractivity (Wildman–Crippen MR) is 65.1 cm³/mol. The minimum atomic E-state index is -4.42. The lowest BCUT2D eigenvalue weighted by atomic mass is 10.2. The molecule has 0 saturated heterocycles. The number of anilines is 1. The highest BCUT2D eigenvalue weighted by Crippen LogP contribution is 2.30. The smallest absolute Gasteiger partial charge is 0.377 e. The van der Waals surface area contributed by atoms with Gasteiger partial charge in [-0.05, 0) is 17.1 Å². The topological polar surface area (TPSA) is 20.0 Å². The Labute approximate surface area is 108 Å². The van der Waals surface area contributed by atoms with Gasteiger partial charge in [-0.2, -0.15) is 13.2 Å². The Bertz CT molecular complexity index is 562. The average molecular weight is 268 g/mol. The minimum absolute atomic E-state index is 0.125. The summed E-state index contributed by atoms with van der Waals surface area (Å²) in [6.45, 7) is 0. The van der Waals surface area contributed by atoms with Crippen LogP contribution in [0.15, 0.2) is 42.9 Å². The second-order valence-corrected chi connectivity index (χ2v) is 4.23. The van der Waals surface area contributed by atoms with Gasteiger partial charge in [-0.15, -0.1) is 0 Å². The van der Waals surface area contributed by atoms with Crippen molar-refractivity contribution >= 4 is 5.69 Å². The molecule has 0 aliphatic heterocycles. The maximum absolute atomic E-state index is 12.9. The van der Waals surface area contributed by atoms with Gasteiger partial charge in [-0.1, -0.05) is 0 Å². The maximum Gasteiger partial charge on any atom is 0.424 e. The molecule has 100 valence electrons. The van der Waals surface area contributed by atoms with Gasteiger partial charge in [0.2, 0.25) is 0 Å². The molecule has 19 heavy (non-hydrogen) atoms. The van der Waals surface area contributed by atoms with Gasteiger partial charge in [-0.25, -0.2) is 4.57 Å². The Morgan fingerprint density at radius 1 is 1.11 bits per heavy atom. The van der Waals surface area contributed by atoms with E-state index < -0.39 is 11.7 Å². The maximum atomic E-state index is 12.9. The Balaban J connectivity index is 2.48. The van der Waals surface area contributed by atoms with Gasteiger partial charge in [0.15, 0.2) is 0 Å². The molecule has 0 bridgehead atoms. The summed E-state index contributed by atoms with van der Waals surface area (Å²) >= 11 is 0. The van der Waals surface area contributed by atoms with E-state index in [-0.39, 0.29) is 5.82 Å².